The Morgan fingerprint density at radius 3 is 2.58 bits per heavy atom. The molecule has 3 heterocycles. The van der Waals surface area contributed by atoms with Crippen molar-refractivity contribution in [2.24, 2.45) is 0 Å². The highest BCUT2D eigenvalue weighted by Gasteiger charge is 2.31. The first-order valence-electron chi connectivity index (χ1n) is 10.7. The fourth-order valence-electron chi connectivity index (χ4n) is 4.02. The van der Waals surface area contributed by atoms with E-state index in [1.165, 1.54) is 30.9 Å². The molecule has 3 aromatic heterocycles. The molecule has 0 bridgehead atoms. The number of ether oxygens (including phenoxy) is 1. The molecule has 0 radical (unpaired) electrons. The molecule has 0 atom stereocenters. The molecule has 5 aromatic rings. The van der Waals surface area contributed by atoms with E-state index in [0.717, 1.165) is 22.3 Å². The van der Waals surface area contributed by atoms with Crippen LogP contribution in [0, 0.1) is 0 Å². The van der Waals surface area contributed by atoms with Crippen LogP contribution in [0.5, 0.6) is 5.75 Å². The van der Waals surface area contributed by atoms with Gasteiger partial charge in [0.15, 0.2) is 18.0 Å². The minimum atomic E-state index is -4.79. The third-order valence-corrected chi connectivity index (χ3v) is 5.48. The summed E-state index contributed by atoms with van der Waals surface area (Å²) >= 11 is 0. The first-order chi connectivity index (χ1) is 17.3. The summed E-state index contributed by atoms with van der Waals surface area (Å²) in [6.45, 7) is 0. The van der Waals surface area contributed by atoms with Gasteiger partial charge in [0.1, 0.15) is 23.4 Å². The van der Waals surface area contributed by atoms with Crippen molar-refractivity contribution in [1.29, 1.82) is 0 Å². The van der Waals surface area contributed by atoms with Gasteiger partial charge in [0.05, 0.1) is 6.20 Å². The summed E-state index contributed by atoms with van der Waals surface area (Å²) in [5, 5.41) is 4.23. The van der Waals surface area contributed by atoms with E-state index in [1.54, 1.807) is 23.0 Å². The van der Waals surface area contributed by atoms with Gasteiger partial charge in [0.2, 0.25) is 0 Å². The number of nitrogens with zero attached hydrogens (tertiary/aromatic N) is 4. The summed E-state index contributed by atoms with van der Waals surface area (Å²) in [4.78, 5) is 20.7. The Bertz CT molecular complexity index is 1530. The van der Waals surface area contributed by atoms with Gasteiger partial charge >= 0.3 is 6.36 Å². The molecular weight excluding hydrogens is 475 g/mol. The van der Waals surface area contributed by atoms with Crippen LogP contribution in [0.1, 0.15) is 11.1 Å². The van der Waals surface area contributed by atoms with Crippen molar-refractivity contribution in [1.82, 2.24) is 19.6 Å². The number of carbonyl (C=O) groups is 1. The fourth-order valence-corrected chi connectivity index (χ4v) is 4.02. The second-order valence-electron chi connectivity index (χ2n) is 8.01. The number of carbonyl (C=O) groups excluding carboxylic acids is 1. The average molecular weight is 493 g/mol. The summed E-state index contributed by atoms with van der Waals surface area (Å²) in [5.41, 5.74) is 10.2. The lowest BCUT2D eigenvalue weighted by atomic mass is 9.97. The first-order valence-corrected chi connectivity index (χ1v) is 10.7. The molecule has 2 aromatic carbocycles. The van der Waals surface area contributed by atoms with E-state index in [1.807, 2.05) is 24.3 Å². The molecule has 0 amide bonds. The monoisotopic (exact) mass is 493 g/mol. The van der Waals surface area contributed by atoms with E-state index in [9.17, 15) is 18.0 Å². The van der Waals surface area contributed by atoms with Crippen LogP contribution < -0.4 is 10.5 Å². The minimum absolute atomic E-state index is 0.0234. The number of ketones is 1. The quantitative estimate of drug-likeness (QED) is 0.344. The van der Waals surface area contributed by atoms with Crippen LogP contribution in [0.4, 0.5) is 19.0 Å². The number of oxazole rings is 1. The molecule has 36 heavy (non-hydrogen) atoms. The van der Waals surface area contributed by atoms with Crippen LogP contribution in [0.3, 0.4) is 0 Å². The number of rotatable bonds is 7. The maximum absolute atomic E-state index is 12.6. The largest absolute Gasteiger partial charge is 0.573 e. The summed E-state index contributed by atoms with van der Waals surface area (Å²) < 4.78 is 48.4. The van der Waals surface area contributed by atoms with E-state index in [2.05, 4.69) is 19.8 Å². The van der Waals surface area contributed by atoms with E-state index in [0.29, 0.717) is 22.7 Å². The van der Waals surface area contributed by atoms with Crippen LogP contribution in [-0.2, 0) is 17.6 Å². The second-order valence-corrected chi connectivity index (χ2v) is 8.01. The highest BCUT2D eigenvalue weighted by Crippen LogP contribution is 2.38. The molecule has 0 aliphatic rings. The molecule has 0 saturated carbocycles. The van der Waals surface area contributed by atoms with Crippen LogP contribution in [-0.4, -0.2) is 31.7 Å². The normalized spacial score (nSPS) is 11.6. The predicted molar refractivity (Wildman–Crippen MR) is 124 cm³/mol. The summed E-state index contributed by atoms with van der Waals surface area (Å²) in [7, 11) is 0. The molecule has 8 nitrogen and oxygen atoms in total. The second kappa shape index (κ2) is 9.17. The van der Waals surface area contributed by atoms with E-state index in [-0.39, 0.29) is 24.4 Å². The Morgan fingerprint density at radius 1 is 1.08 bits per heavy atom. The lowest BCUT2D eigenvalue weighted by Gasteiger charge is -2.10. The zero-order valence-electron chi connectivity index (χ0n) is 18.6. The van der Waals surface area contributed by atoms with Crippen molar-refractivity contribution in [2.45, 2.75) is 19.2 Å². The summed E-state index contributed by atoms with van der Waals surface area (Å²) in [6, 6.07) is 12.7. The third-order valence-electron chi connectivity index (χ3n) is 5.48. The van der Waals surface area contributed by atoms with Gasteiger partial charge in [-0.25, -0.2) is 14.5 Å². The SMILES string of the molecule is Nc1ncnn2cc(-c3cnco3)c(-c3ccc(CC(=O)Cc4cccc(OC(F)(F)F)c4)cc3)c12. The van der Waals surface area contributed by atoms with Crippen molar-refractivity contribution in [2.75, 3.05) is 5.73 Å². The van der Waals surface area contributed by atoms with Gasteiger partial charge in [-0.2, -0.15) is 5.10 Å². The fraction of sp³-hybridized carbons (Fsp3) is 0.120. The summed E-state index contributed by atoms with van der Waals surface area (Å²) in [5.74, 6) is 0.316. The molecule has 5 rings (SSSR count). The number of fused-ring (bicyclic) bond motifs is 1. The van der Waals surface area contributed by atoms with Gasteiger partial charge in [0, 0.05) is 30.2 Å². The maximum Gasteiger partial charge on any atom is 0.573 e. The van der Waals surface area contributed by atoms with Crippen molar-refractivity contribution < 1.29 is 27.1 Å². The Kier molecular flexibility index (Phi) is 5.88. The van der Waals surface area contributed by atoms with Gasteiger partial charge in [-0.15, -0.1) is 13.2 Å². The van der Waals surface area contributed by atoms with Crippen molar-refractivity contribution in [3.05, 3.63) is 84.8 Å². The molecule has 0 saturated heterocycles. The molecular formula is C25H18F3N5O3. The number of benzene rings is 2. The molecule has 182 valence electrons. The van der Waals surface area contributed by atoms with E-state index in [4.69, 9.17) is 10.2 Å². The zero-order valence-corrected chi connectivity index (χ0v) is 18.6. The number of hydrogen-bond donors (Lipinski definition) is 1. The third kappa shape index (κ3) is 4.90. The van der Waals surface area contributed by atoms with E-state index >= 15 is 0 Å². The number of halogens is 3. The highest BCUT2D eigenvalue weighted by atomic mass is 19.4. The zero-order chi connectivity index (χ0) is 25.3. The highest BCUT2D eigenvalue weighted by molar-refractivity contribution is 5.97. The minimum Gasteiger partial charge on any atom is -0.443 e. The molecule has 0 fully saturated rings. The van der Waals surface area contributed by atoms with Crippen molar-refractivity contribution in [3.63, 3.8) is 0 Å². The Morgan fingerprint density at radius 2 is 1.86 bits per heavy atom. The lowest BCUT2D eigenvalue weighted by Crippen LogP contribution is -2.17. The molecule has 0 aliphatic heterocycles. The number of nitrogens with two attached hydrogens (primary N) is 1. The number of anilines is 1. The molecule has 0 spiro atoms. The topological polar surface area (TPSA) is 109 Å². The van der Waals surface area contributed by atoms with Gasteiger partial charge in [-0.1, -0.05) is 36.4 Å². The van der Waals surface area contributed by atoms with Crippen molar-refractivity contribution in [3.8, 4) is 28.2 Å². The van der Waals surface area contributed by atoms with Crippen LogP contribution in [0.15, 0.2) is 78.1 Å². The number of nitrogen functional groups attached to an aromatic ring is 1. The molecule has 0 unspecified atom stereocenters. The van der Waals surface area contributed by atoms with Gasteiger partial charge in [-0.05, 0) is 28.8 Å². The number of Topliss-reactive ketones (excluding diaryl/α,β-unsaturated/α-hetero) is 1. The van der Waals surface area contributed by atoms with Crippen molar-refractivity contribution >= 4 is 17.1 Å². The first kappa shape index (κ1) is 23.1. The summed E-state index contributed by atoms with van der Waals surface area (Å²) in [6.07, 6.45) is 1.35. The Hall–Kier alpha value is -4.67. The van der Waals surface area contributed by atoms with Crippen LogP contribution in [0.2, 0.25) is 0 Å². The van der Waals surface area contributed by atoms with Crippen LogP contribution >= 0.6 is 0 Å². The molecule has 0 aliphatic carbocycles. The maximum atomic E-state index is 12.6. The van der Waals surface area contributed by atoms with Gasteiger partial charge < -0.3 is 14.9 Å². The van der Waals surface area contributed by atoms with Crippen LogP contribution in [0.25, 0.3) is 28.0 Å². The average Bonchev–Trinajstić information content (AvgIpc) is 3.47. The number of aromatic nitrogens is 4. The lowest BCUT2D eigenvalue weighted by molar-refractivity contribution is -0.274. The number of hydrogen-bond acceptors (Lipinski definition) is 7. The number of alkyl halides is 3. The predicted octanol–water partition coefficient (Wildman–Crippen LogP) is 4.89. The van der Waals surface area contributed by atoms with E-state index < -0.39 is 6.36 Å². The Balaban J connectivity index is 1.37. The Labute approximate surface area is 202 Å². The molecule has 11 heteroatoms. The molecule has 2 N–H and O–H groups in total. The van der Waals surface area contributed by atoms with Gasteiger partial charge in [-0.3, -0.25) is 4.79 Å². The van der Waals surface area contributed by atoms with Gasteiger partial charge in [0.25, 0.3) is 0 Å². The standard InChI is InChI=1S/C25H18F3N5O3/c26-25(27,28)36-19-3-1-2-16(10-19)9-18(34)8-15-4-6-17(7-5-15)22-20(21-11-30-14-35-21)12-33-23(22)24(29)31-13-32-33/h1-7,10-14H,8-9H2,(H2,29,31,32). The smallest absolute Gasteiger partial charge is 0.443 e.